The van der Waals surface area contributed by atoms with Crippen LogP contribution in [0.3, 0.4) is 0 Å². The van der Waals surface area contributed by atoms with Crippen LogP contribution in [0.1, 0.15) is 5.82 Å². The Labute approximate surface area is 126 Å². The number of benzene rings is 1. The Morgan fingerprint density at radius 3 is 2.36 bits per heavy atom. The van der Waals surface area contributed by atoms with Gasteiger partial charge in [-0.1, -0.05) is 18.2 Å². The van der Waals surface area contributed by atoms with Gasteiger partial charge in [-0.2, -0.15) is 9.97 Å². The second-order valence-corrected chi connectivity index (χ2v) is 4.53. The minimum atomic E-state index is -0.391. The van der Waals surface area contributed by atoms with E-state index in [1.165, 1.54) is 4.57 Å². The molecule has 0 aliphatic rings. The van der Waals surface area contributed by atoms with Crippen LogP contribution in [0, 0.1) is 6.92 Å². The van der Waals surface area contributed by atoms with Crippen LogP contribution in [-0.4, -0.2) is 19.5 Å². The van der Waals surface area contributed by atoms with E-state index < -0.39 is 5.69 Å². The van der Waals surface area contributed by atoms with Crippen LogP contribution in [0.5, 0.6) is 0 Å². The Morgan fingerprint density at radius 1 is 0.955 bits per heavy atom. The fraction of sp³-hybridized carbons (Fsp3) is 0.0667. The second-order valence-electron chi connectivity index (χ2n) is 4.53. The first-order valence-corrected chi connectivity index (χ1v) is 6.69. The third kappa shape index (κ3) is 2.93. The quantitative estimate of drug-likeness (QED) is 0.713. The zero-order valence-corrected chi connectivity index (χ0v) is 11.9. The summed E-state index contributed by atoms with van der Waals surface area (Å²) in [5.41, 5.74) is 6.86. The molecule has 0 bridgehead atoms. The van der Waals surface area contributed by atoms with E-state index >= 15 is 0 Å². The summed E-state index contributed by atoms with van der Waals surface area (Å²) in [6.45, 7) is 1.76. The molecule has 0 amide bonds. The van der Waals surface area contributed by atoms with Gasteiger partial charge in [0.25, 0.3) is 0 Å². The van der Waals surface area contributed by atoms with Gasteiger partial charge in [-0.15, -0.1) is 0 Å². The average molecular weight is 294 g/mol. The molecule has 2 N–H and O–H groups in total. The maximum Gasteiger partial charge on any atom is 0.356 e. The molecule has 3 rings (SSSR count). The molecule has 1 aromatic carbocycles. The van der Waals surface area contributed by atoms with Crippen molar-refractivity contribution in [3.05, 3.63) is 71.2 Å². The molecule has 3 aromatic rings. The van der Waals surface area contributed by atoms with Gasteiger partial charge in [-0.05, 0) is 31.2 Å². The fourth-order valence-electron chi connectivity index (χ4n) is 2.00. The Balaban J connectivity index is 1.85. The summed E-state index contributed by atoms with van der Waals surface area (Å²) in [5, 5.41) is 0. The summed E-state index contributed by atoms with van der Waals surface area (Å²) < 4.78 is 1.46. The zero-order valence-electron chi connectivity index (χ0n) is 11.9. The molecule has 0 radical (unpaired) electrons. The van der Waals surface area contributed by atoms with Crippen LogP contribution >= 0.6 is 0 Å². The van der Waals surface area contributed by atoms with E-state index in [1.807, 2.05) is 30.3 Å². The standard InChI is InChI=1S/C15H14N6O/c1-11-17-14(20-19-12-7-9-16-10-8-12)18-15(22)21(11)13-5-3-2-4-6-13/h2-10H,1H3,(H,16,19)(H,18,20,22). The number of aromatic nitrogens is 4. The minimum absolute atomic E-state index is 0.214. The van der Waals surface area contributed by atoms with Gasteiger partial charge in [0, 0.05) is 12.4 Å². The Hall–Kier alpha value is -3.22. The first-order valence-electron chi connectivity index (χ1n) is 6.69. The van der Waals surface area contributed by atoms with Gasteiger partial charge in [0.1, 0.15) is 5.82 Å². The number of hydrogen-bond donors (Lipinski definition) is 2. The molecule has 0 atom stereocenters. The molecule has 7 heteroatoms. The number of anilines is 2. The van der Waals surface area contributed by atoms with Crippen molar-refractivity contribution >= 4 is 11.6 Å². The van der Waals surface area contributed by atoms with Crippen LogP contribution in [0.15, 0.2) is 59.7 Å². The number of aryl methyl sites for hydroxylation is 1. The zero-order chi connectivity index (χ0) is 15.4. The largest absolute Gasteiger partial charge is 0.356 e. The molecule has 0 unspecified atom stereocenters. The van der Waals surface area contributed by atoms with E-state index in [9.17, 15) is 4.79 Å². The normalized spacial score (nSPS) is 10.2. The van der Waals surface area contributed by atoms with Gasteiger partial charge in [-0.3, -0.25) is 15.8 Å². The molecule has 0 aliphatic carbocycles. The minimum Gasteiger partial charge on any atom is -0.298 e. The van der Waals surface area contributed by atoms with E-state index in [-0.39, 0.29) is 5.95 Å². The molecule has 0 aliphatic heterocycles. The topological polar surface area (TPSA) is 84.7 Å². The van der Waals surface area contributed by atoms with E-state index in [0.29, 0.717) is 5.82 Å². The number of nitrogens with zero attached hydrogens (tertiary/aromatic N) is 4. The third-order valence-corrected chi connectivity index (χ3v) is 3.00. The first kappa shape index (κ1) is 13.7. The van der Waals surface area contributed by atoms with E-state index in [2.05, 4.69) is 25.8 Å². The van der Waals surface area contributed by atoms with E-state index in [4.69, 9.17) is 0 Å². The summed E-state index contributed by atoms with van der Waals surface area (Å²) in [7, 11) is 0. The number of pyridine rings is 1. The summed E-state index contributed by atoms with van der Waals surface area (Å²) in [4.78, 5) is 24.3. The molecule has 110 valence electrons. The Kier molecular flexibility index (Phi) is 3.78. The lowest BCUT2D eigenvalue weighted by atomic mass is 10.3. The van der Waals surface area contributed by atoms with Crippen molar-refractivity contribution in [3.8, 4) is 5.69 Å². The van der Waals surface area contributed by atoms with Gasteiger partial charge in [0.15, 0.2) is 0 Å². The highest BCUT2D eigenvalue weighted by Gasteiger charge is 2.08. The van der Waals surface area contributed by atoms with Crippen LogP contribution in [0.4, 0.5) is 11.6 Å². The molecular formula is C15H14N6O. The Bertz CT molecular complexity index is 816. The second kappa shape index (κ2) is 6.04. The van der Waals surface area contributed by atoms with Crippen molar-refractivity contribution in [3.63, 3.8) is 0 Å². The highest BCUT2D eigenvalue weighted by atomic mass is 16.1. The highest BCUT2D eigenvalue weighted by molar-refractivity contribution is 5.45. The average Bonchev–Trinajstić information content (AvgIpc) is 2.54. The first-order chi connectivity index (χ1) is 10.7. The van der Waals surface area contributed by atoms with Gasteiger partial charge in [0.2, 0.25) is 5.95 Å². The predicted molar refractivity (Wildman–Crippen MR) is 83.8 cm³/mol. The van der Waals surface area contributed by atoms with Gasteiger partial charge < -0.3 is 0 Å². The number of para-hydroxylation sites is 1. The molecule has 22 heavy (non-hydrogen) atoms. The lowest BCUT2D eigenvalue weighted by molar-refractivity contribution is 0.813. The fourth-order valence-corrected chi connectivity index (χ4v) is 2.00. The van der Waals surface area contributed by atoms with E-state index in [0.717, 1.165) is 11.4 Å². The van der Waals surface area contributed by atoms with Crippen molar-refractivity contribution in [2.24, 2.45) is 0 Å². The lowest BCUT2D eigenvalue weighted by Gasteiger charge is -2.11. The molecule has 2 heterocycles. The smallest absolute Gasteiger partial charge is 0.298 e. The van der Waals surface area contributed by atoms with Crippen molar-refractivity contribution in [1.29, 1.82) is 0 Å². The number of hydrazine groups is 1. The number of nitrogens with one attached hydrogen (secondary N) is 2. The summed E-state index contributed by atoms with van der Waals surface area (Å²) in [5.74, 6) is 0.761. The number of hydrogen-bond acceptors (Lipinski definition) is 6. The van der Waals surface area contributed by atoms with E-state index in [1.54, 1.807) is 31.5 Å². The van der Waals surface area contributed by atoms with Crippen molar-refractivity contribution in [2.75, 3.05) is 10.9 Å². The molecule has 0 spiro atoms. The lowest BCUT2D eigenvalue weighted by Crippen LogP contribution is -2.27. The van der Waals surface area contributed by atoms with Crippen LogP contribution in [-0.2, 0) is 0 Å². The van der Waals surface area contributed by atoms with Crippen LogP contribution in [0.25, 0.3) is 5.69 Å². The van der Waals surface area contributed by atoms with Gasteiger partial charge in [-0.25, -0.2) is 9.36 Å². The maximum absolute atomic E-state index is 12.2. The van der Waals surface area contributed by atoms with Crippen LogP contribution < -0.4 is 16.5 Å². The molecular weight excluding hydrogens is 280 g/mol. The summed E-state index contributed by atoms with van der Waals surface area (Å²) in [6.07, 6.45) is 3.31. The SMILES string of the molecule is Cc1nc(NNc2ccncc2)nc(=O)n1-c1ccccc1. The maximum atomic E-state index is 12.2. The Morgan fingerprint density at radius 2 is 1.68 bits per heavy atom. The van der Waals surface area contributed by atoms with Gasteiger partial charge >= 0.3 is 5.69 Å². The monoisotopic (exact) mass is 294 g/mol. The predicted octanol–water partition coefficient (Wildman–Crippen LogP) is 1.77. The molecule has 0 saturated carbocycles. The van der Waals surface area contributed by atoms with Crippen LogP contribution in [0.2, 0.25) is 0 Å². The van der Waals surface area contributed by atoms with Crippen molar-refractivity contribution < 1.29 is 0 Å². The van der Waals surface area contributed by atoms with Gasteiger partial charge in [0.05, 0.1) is 11.4 Å². The molecule has 0 saturated heterocycles. The molecule has 7 nitrogen and oxygen atoms in total. The highest BCUT2D eigenvalue weighted by Crippen LogP contribution is 2.08. The van der Waals surface area contributed by atoms with Crippen molar-refractivity contribution in [1.82, 2.24) is 19.5 Å². The third-order valence-electron chi connectivity index (χ3n) is 3.00. The number of rotatable bonds is 4. The summed E-state index contributed by atoms with van der Waals surface area (Å²) >= 11 is 0. The molecule has 0 fully saturated rings. The summed E-state index contributed by atoms with van der Waals surface area (Å²) in [6, 6.07) is 12.8. The molecule has 2 aromatic heterocycles. The van der Waals surface area contributed by atoms with Crippen molar-refractivity contribution in [2.45, 2.75) is 6.92 Å².